The van der Waals surface area contributed by atoms with Gasteiger partial charge in [0.05, 0.1) is 13.2 Å². The molecule has 1 aromatic carbocycles. The van der Waals surface area contributed by atoms with Crippen molar-refractivity contribution in [2.75, 3.05) is 26.3 Å². The fraction of sp³-hybridized carbons (Fsp3) is 0.538. The van der Waals surface area contributed by atoms with Crippen molar-refractivity contribution in [1.82, 2.24) is 4.90 Å². The van der Waals surface area contributed by atoms with Crippen molar-refractivity contribution in [3.05, 3.63) is 35.4 Å². The molecule has 0 bridgehead atoms. The average Bonchev–Trinajstić information content (AvgIpc) is 2.29. The van der Waals surface area contributed by atoms with Crippen molar-refractivity contribution in [2.45, 2.75) is 19.9 Å². The van der Waals surface area contributed by atoms with Crippen molar-refractivity contribution in [1.29, 1.82) is 0 Å². The third kappa shape index (κ3) is 2.58. The van der Waals surface area contributed by atoms with Gasteiger partial charge in [-0.1, -0.05) is 29.8 Å². The van der Waals surface area contributed by atoms with Crippen LogP contribution in [0.5, 0.6) is 0 Å². The van der Waals surface area contributed by atoms with E-state index < -0.39 is 0 Å². The number of benzene rings is 1. The molecule has 1 saturated heterocycles. The summed E-state index contributed by atoms with van der Waals surface area (Å²) in [7, 11) is 0. The summed E-state index contributed by atoms with van der Waals surface area (Å²) in [6, 6.07) is 9.29. The molecule has 82 valence electrons. The maximum atomic E-state index is 5.37. The summed E-state index contributed by atoms with van der Waals surface area (Å²) >= 11 is 0. The molecule has 1 heterocycles. The lowest BCUT2D eigenvalue weighted by atomic mass is 10.0. The zero-order valence-corrected chi connectivity index (χ0v) is 9.57. The van der Waals surface area contributed by atoms with E-state index in [1.807, 2.05) is 0 Å². The zero-order chi connectivity index (χ0) is 10.7. The molecule has 2 rings (SSSR count). The van der Waals surface area contributed by atoms with Crippen molar-refractivity contribution >= 4 is 0 Å². The van der Waals surface area contributed by atoms with Gasteiger partial charge in [0, 0.05) is 19.1 Å². The second-order valence-electron chi connectivity index (χ2n) is 4.24. The van der Waals surface area contributed by atoms with Crippen LogP contribution in [-0.4, -0.2) is 31.2 Å². The lowest BCUT2D eigenvalue weighted by molar-refractivity contribution is 0.0198. The normalized spacial score (nSPS) is 20.1. The molecule has 0 N–H and O–H groups in total. The second-order valence-corrected chi connectivity index (χ2v) is 4.24. The van der Waals surface area contributed by atoms with Gasteiger partial charge in [0.15, 0.2) is 0 Å². The Morgan fingerprint density at radius 1 is 1.27 bits per heavy atom. The van der Waals surface area contributed by atoms with Crippen LogP contribution in [0.25, 0.3) is 0 Å². The third-order valence-corrected chi connectivity index (χ3v) is 3.12. The highest BCUT2D eigenvalue weighted by molar-refractivity contribution is 5.24. The molecule has 2 nitrogen and oxygen atoms in total. The molecule has 0 aromatic heterocycles. The summed E-state index contributed by atoms with van der Waals surface area (Å²) in [5.74, 6) is 0. The average molecular weight is 205 g/mol. The molecule has 1 atom stereocenters. The number of hydrogen-bond donors (Lipinski definition) is 0. The van der Waals surface area contributed by atoms with E-state index in [-0.39, 0.29) is 0 Å². The van der Waals surface area contributed by atoms with Gasteiger partial charge in [-0.25, -0.2) is 0 Å². The van der Waals surface area contributed by atoms with E-state index in [0.29, 0.717) is 6.04 Å². The highest BCUT2D eigenvalue weighted by atomic mass is 16.5. The summed E-state index contributed by atoms with van der Waals surface area (Å²) < 4.78 is 5.37. The molecular formula is C13H19NO. The van der Waals surface area contributed by atoms with Gasteiger partial charge in [-0.2, -0.15) is 0 Å². The summed E-state index contributed by atoms with van der Waals surface area (Å²) in [6.07, 6.45) is 0. The summed E-state index contributed by atoms with van der Waals surface area (Å²) in [6.45, 7) is 8.27. The van der Waals surface area contributed by atoms with E-state index in [1.165, 1.54) is 11.1 Å². The van der Waals surface area contributed by atoms with Crippen LogP contribution in [0.15, 0.2) is 24.3 Å². The van der Waals surface area contributed by atoms with Gasteiger partial charge in [0.1, 0.15) is 0 Å². The van der Waals surface area contributed by atoms with E-state index in [1.54, 1.807) is 0 Å². The quantitative estimate of drug-likeness (QED) is 0.735. The molecule has 15 heavy (non-hydrogen) atoms. The second kappa shape index (κ2) is 4.77. The maximum Gasteiger partial charge on any atom is 0.0594 e. The van der Waals surface area contributed by atoms with Gasteiger partial charge in [-0.3, -0.25) is 4.90 Å². The smallest absolute Gasteiger partial charge is 0.0594 e. The predicted octanol–water partition coefficient (Wildman–Crippen LogP) is 2.39. The van der Waals surface area contributed by atoms with Crippen LogP contribution in [0.1, 0.15) is 24.1 Å². The molecule has 1 aromatic rings. The maximum absolute atomic E-state index is 5.37. The first-order valence-corrected chi connectivity index (χ1v) is 5.66. The number of hydrogen-bond acceptors (Lipinski definition) is 2. The molecular weight excluding hydrogens is 186 g/mol. The highest BCUT2D eigenvalue weighted by Crippen LogP contribution is 2.21. The van der Waals surface area contributed by atoms with Gasteiger partial charge in [0.2, 0.25) is 0 Å². The Labute approximate surface area is 91.9 Å². The Hall–Kier alpha value is -0.860. The van der Waals surface area contributed by atoms with Crippen LogP contribution in [0, 0.1) is 6.92 Å². The van der Waals surface area contributed by atoms with Crippen molar-refractivity contribution in [3.63, 3.8) is 0 Å². The Kier molecular flexibility index (Phi) is 3.39. The van der Waals surface area contributed by atoms with E-state index >= 15 is 0 Å². The molecule has 1 unspecified atom stereocenters. The number of nitrogens with zero attached hydrogens (tertiary/aromatic N) is 1. The van der Waals surface area contributed by atoms with Gasteiger partial charge < -0.3 is 4.74 Å². The Balaban J connectivity index is 2.08. The Bertz CT molecular complexity index is 318. The van der Waals surface area contributed by atoms with Crippen LogP contribution < -0.4 is 0 Å². The SMILES string of the molecule is Cc1cccc(C(C)N2CCOCC2)c1. The number of rotatable bonds is 2. The van der Waals surface area contributed by atoms with E-state index in [2.05, 4.69) is 43.0 Å². The molecule has 2 heteroatoms. The Morgan fingerprint density at radius 3 is 2.67 bits per heavy atom. The van der Waals surface area contributed by atoms with Crippen LogP contribution in [-0.2, 0) is 4.74 Å². The van der Waals surface area contributed by atoms with Crippen molar-refractivity contribution in [3.8, 4) is 0 Å². The van der Waals surface area contributed by atoms with Crippen LogP contribution in [0.3, 0.4) is 0 Å². The molecule has 0 radical (unpaired) electrons. The summed E-state index contributed by atoms with van der Waals surface area (Å²) in [4.78, 5) is 2.48. The van der Waals surface area contributed by atoms with Crippen LogP contribution in [0.2, 0.25) is 0 Å². The summed E-state index contributed by atoms with van der Waals surface area (Å²) in [5, 5.41) is 0. The zero-order valence-electron chi connectivity index (χ0n) is 9.57. The molecule has 1 aliphatic heterocycles. The number of aryl methyl sites for hydroxylation is 1. The standard InChI is InChI=1S/C13H19NO/c1-11-4-3-5-13(10-11)12(2)14-6-8-15-9-7-14/h3-5,10,12H,6-9H2,1-2H3. The van der Waals surface area contributed by atoms with E-state index in [4.69, 9.17) is 4.74 Å². The third-order valence-electron chi connectivity index (χ3n) is 3.12. The highest BCUT2D eigenvalue weighted by Gasteiger charge is 2.17. The lowest BCUT2D eigenvalue weighted by Gasteiger charge is -2.32. The monoisotopic (exact) mass is 205 g/mol. The van der Waals surface area contributed by atoms with Gasteiger partial charge in [0.25, 0.3) is 0 Å². The molecule has 0 saturated carbocycles. The summed E-state index contributed by atoms with van der Waals surface area (Å²) in [5.41, 5.74) is 2.75. The van der Waals surface area contributed by atoms with Crippen LogP contribution >= 0.6 is 0 Å². The Morgan fingerprint density at radius 2 is 2.00 bits per heavy atom. The molecule has 0 amide bonds. The van der Waals surface area contributed by atoms with Crippen molar-refractivity contribution < 1.29 is 4.74 Å². The first kappa shape index (κ1) is 10.7. The minimum atomic E-state index is 0.508. The minimum absolute atomic E-state index is 0.508. The lowest BCUT2D eigenvalue weighted by Crippen LogP contribution is -2.38. The minimum Gasteiger partial charge on any atom is -0.379 e. The molecule has 1 fully saturated rings. The fourth-order valence-corrected chi connectivity index (χ4v) is 2.11. The van der Waals surface area contributed by atoms with E-state index in [0.717, 1.165) is 26.3 Å². The largest absolute Gasteiger partial charge is 0.379 e. The topological polar surface area (TPSA) is 12.5 Å². The number of morpholine rings is 1. The van der Waals surface area contributed by atoms with Gasteiger partial charge >= 0.3 is 0 Å². The molecule has 0 spiro atoms. The first-order chi connectivity index (χ1) is 7.27. The van der Waals surface area contributed by atoms with Crippen LogP contribution in [0.4, 0.5) is 0 Å². The fourth-order valence-electron chi connectivity index (χ4n) is 2.11. The molecule has 1 aliphatic rings. The number of ether oxygens (including phenoxy) is 1. The van der Waals surface area contributed by atoms with Gasteiger partial charge in [-0.15, -0.1) is 0 Å². The van der Waals surface area contributed by atoms with Crippen molar-refractivity contribution in [2.24, 2.45) is 0 Å². The van der Waals surface area contributed by atoms with E-state index in [9.17, 15) is 0 Å². The molecule has 0 aliphatic carbocycles. The predicted molar refractivity (Wildman–Crippen MR) is 62.0 cm³/mol. The first-order valence-electron chi connectivity index (χ1n) is 5.66. The van der Waals surface area contributed by atoms with Gasteiger partial charge in [-0.05, 0) is 19.4 Å².